The molecule has 0 aliphatic carbocycles. The van der Waals surface area contributed by atoms with Crippen molar-refractivity contribution < 1.29 is 0 Å². The Morgan fingerprint density at radius 1 is 1.20 bits per heavy atom. The molecule has 2 aromatic carbocycles. The van der Waals surface area contributed by atoms with Gasteiger partial charge in [0.15, 0.2) is 0 Å². The van der Waals surface area contributed by atoms with Crippen molar-refractivity contribution in [1.29, 1.82) is 0 Å². The average Bonchev–Trinajstić information content (AvgIpc) is 2.16. The Kier molecular flexibility index (Phi) is 2.74. The van der Waals surface area contributed by atoms with Crippen LogP contribution in [0, 0.1) is 6.92 Å². The first-order valence-corrected chi connectivity index (χ1v) is 5.40. The topological polar surface area (TPSA) is 26.0 Å². The highest BCUT2D eigenvalue weighted by molar-refractivity contribution is 5.86. The summed E-state index contributed by atoms with van der Waals surface area (Å²) in [4.78, 5) is 0. The average molecular weight is 199 g/mol. The lowest BCUT2D eigenvalue weighted by Gasteiger charge is -2.09. The predicted molar refractivity (Wildman–Crippen MR) is 66.0 cm³/mol. The van der Waals surface area contributed by atoms with Crippen LogP contribution in [0.2, 0.25) is 0 Å². The van der Waals surface area contributed by atoms with Crippen LogP contribution in [-0.4, -0.2) is 6.04 Å². The smallest absolute Gasteiger partial charge is 0.00511 e. The van der Waals surface area contributed by atoms with Gasteiger partial charge >= 0.3 is 0 Å². The predicted octanol–water partition coefficient (Wildman–Crippen LogP) is 3.04. The number of fused-ring (bicyclic) bond motifs is 1. The lowest BCUT2D eigenvalue weighted by Crippen LogP contribution is -2.17. The van der Waals surface area contributed by atoms with Gasteiger partial charge in [-0.2, -0.15) is 0 Å². The first-order valence-electron chi connectivity index (χ1n) is 5.40. The molecule has 2 aromatic rings. The van der Waals surface area contributed by atoms with Crippen LogP contribution in [0.3, 0.4) is 0 Å². The molecule has 15 heavy (non-hydrogen) atoms. The number of hydrogen-bond donors (Lipinski definition) is 1. The van der Waals surface area contributed by atoms with Crippen molar-refractivity contribution in [1.82, 2.24) is 0 Å². The SMILES string of the molecule is Cc1ccc2c(CC(C)N)cccc2c1. The van der Waals surface area contributed by atoms with E-state index in [-0.39, 0.29) is 6.04 Å². The number of nitrogens with two attached hydrogens (primary N) is 1. The van der Waals surface area contributed by atoms with Crippen LogP contribution in [0.5, 0.6) is 0 Å². The number of hydrogen-bond acceptors (Lipinski definition) is 1. The summed E-state index contributed by atoms with van der Waals surface area (Å²) in [7, 11) is 0. The molecular formula is C14H17N. The zero-order chi connectivity index (χ0) is 10.8. The molecule has 0 spiro atoms. The van der Waals surface area contributed by atoms with E-state index in [1.807, 2.05) is 6.92 Å². The molecule has 2 N–H and O–H groups in total. The van der Waals surface area contributed by atoms with Gasteiger partial charge in [-0.1, -0.05) is 42.0 Å². The van der Waals surface area contributed by atoms with Crippen molar-refractivity contribution in [3.63, 3.8) is 0 Å². The van der Waals surface area contributed by atoms with Gasteiger partial charge in [-0.05, 0) is 36.6 Å². The Morgan fingerprint density at radius 3 is 2.73 bits per heavy atom. The van der Waals surface area contributed by atoms with E-state index >= 15 is 0 Å². The number of benzene rings is 2. The van der Waals surface area contributed by atoms with E-state index in [9.17, 15) is 0 Å². The minimum atomic E-state index is 0.219. The van der Waals surface area contributed by atoms with Gasteiger partial charge in [-0.25, -0.2) is 0 Å². The minimum Gasteiger partial charge on any atom is -0.328 e. The van der Waals surface area contributed by atoms with E-state index in [1.54, 1.807) is 0 Å². The summed E-state index contributed by atoms with van der Waals surface area (Å²) in [6, 6.07) is 13.2. The van der Waals surface area contributed by atoms with Crippen molar-refractivity contribution in [2.45, 2.75) is 26.3 Å². The third-order valence-electron chi connectivity index (χ3n) is 2.67. The summed E-state index contributed by atoms with van der Waals surface area (Å²) >= 11 is 0. The van der Waals surface area contributed by atoms with E-state index in [4.69, 9.17) is 5.73 Å². The highest BCUT2D eigenvalue weighted by atomic mass is 14.6. The molecule has 0 aliphatic rings. The fourth-order valence-corrected chi connectivity index (χ4v) is 2.00. The Bertz CT molecular complexity index is 472. The van der Waals surface area contributed by atoms with Gasteiger partial charge in [0.05, 0.1) is 0 Å². The maximum absolute atomic E-state index is 5.85. The van der Waals surface area contributed by atoms with Crippen LogP contribution in [0.4, 0.5) is 0 Å². The highest BCUT2D eigenvalue weighted by Crippen LogP contribution is 2.20. The summed E-state index contributed by atoms with van der Waals surface area (Å²) in [6.45, 7) is 4.17. The molecule has 0 aliphatic heterocycles. The molecule has 0 radical (unpaired) electrons. The molecule has 2 rings (SSSR count). The van der Waals surface area contributed by atoms with Gasteiger partial charge in [0, 0.05) is 6.04 Å². The summed E-state index contributed by atoms with van der Waals surface area (Å²) < 4.78 is 0. The van der Waals surface area contributed by atoms with Crippen molar-refractivity contribution >= 4 is 10.8 Å². The van der Waals surface area contributed by atoms with Crippen molar-refractivity contribution in [3.05, 3.63) is 47.5 Å². The van der Waals surface area contributed by atoms with Gasteiger partial charge in [0.25, 0.3) is 0 Å². The molecule has 1 nitrogen and oxygen atoms in total. The maximum Gasteiger partial charge on any atom is 0.00511 e. The summed E-state index contributed by atoms with van der Waals surface area (Å²) in [5, 5.41) is 2.65. The lowest BCUT2D eigenvalue weighted by molar-refractivity contribution is 0.742. The van der Waals surface area contributed by atoms with E-state index in [0.29, 0.717) is 0 Å². The van der Waals surface area contributed by atoms with Gasteiger partial charge in [0.2, 0.25) is 0 Å². The van der Waals surface area contributed by atoms with E-state index in [1.165, 1.54) is 21.9 Å². The third kappa shape index (κ3) is 2.18. The first-order chi connectivity index (χ1) is 7.16. The Hall–Kier alpha value is -1.34. The van der Waals surface area contributed by atoms with Crippen molar-refractivity contribution in [3.8, 4) is 0 Å². The molecule has 0 fully saturated rings. The Balaban J connectivity index is 2.56. The number of aryl methyl sites for hydroxylation is 1. The van der Waals surface area contributed by atoms with Crippen LogP contribution in [-0.2, 0) is 6.42 Å². The molecule has 1 unspecified atom stereocenters. The van der Waals surface area contributed by atoms with Crippen LogP contribution < -0.4 is 5.73 Å². The van der Waals surface area contributed by atoms with Crippen LogP contribution in [0.1, 0.15) is 18.1 Å². The zero-order valence-corrected chi connectivity index (χ0v) is 9.33. The fraction of sp³-hybridized carbons (Fsp3) is 0.286. The van der Waals surface area contributed by atoms with Crippen molar-refractivity contribution in [2.24, 2.45) is 5.73 Å². The molecule has 0 aromatic heterocycles. The second-order valence-electron chi connectivity index (χ2n) is 4.32. The second kappa shape index (κ2) is 4.03. The lowest BCUT2D eigenvalue weighted by atomic mass is 9.98. The van der Waals surface area contributed by atoms with Crippen LogP contribution >= 0.6 is 0 Å². The standard InChI is InChI=1S/C14H17N/c1-10-6-7-14-12(8-10)4-3-5-13(14)9-11(2)15/h3-8,11H,9,15H2,1-2H3. The van der Waals surface area contributed by atoms with Crippen molar-refractivity contribution in [2.75, 3.05) is 0 Å². The summed E-state index contributed by atoms with van der Waals surface area (Å²) in [5.74, 6) is 0. The zero-order valence-electron chi connectivity index (χ0n) is 9.33. The maximum atomic E-state index is 5.85. The normalized spacial score (nSPS) is 13.0. The molecule has 1 heteroatoms. The largest absolute Gasteiger partial charge is 0.328 e. The van der Waals surface area contributed by atoms with E-state index < -0.39 is 0 Å². The minimum absolute atomic E-state index is 0.219. The molecule has 0 heterocycles. The van der Waals surface area contributed by atoms with E-state index in [0.717, 1.165) is 6.42 Å². The fourth-order valence-electron chi connectivity index (χ4n) is 2.00. The molecule has 1 atom stereocenters. The van der Waals surface area contributed by atoms with Crippen LogP contribution in [0.25, 0.3) is 10.8 Å². The molecule has 0 saturated carbocycles. The third-order valence-corrected chi connectivity index (χ3v) is 2.67. The molecule has 0 amide bonds. The van der Waals surface area contributed by atoms with Gasteiger partial charge in [-0.3, -0.25) is 0 Å². The summed E-state index contributed by atoms with van der Waals surface area (Å²) in [6.07, 6.45) is 0.945. The highest BCUT2D eigenvalue weighted by Gasteiger charge is 2.03. The first kappa shape index (κ1) is 10.2. The molecular weight excluding hydrogens is 182 g/mol. The quantitative estimate of drug-likeness (QED) is 0.790. The Morgan fingerprint density at radius 2 is 2.00 bits per heavy atom. The molecule has 0 bridgehead atoms. The molecule has 78 valence electrons. The van der Waals surface area contributed by atoms with Gasteiger partial charge in [0.1, 0.15) is 0 Å². The van der Waals surface area contributed by atoms with Gasteiger partial charge in [-0.15, -0.1) is 0 Å². The number of rotatable bonds is 2. The van der Waals surface area contributed by atoms with E-state index in [2.05, 4.69) is 43.3 Å². The van der Waals surface area contributed by atoms with Crippen LogP contribution in [0.15, 0.2) is 36.4 Å². The molecule has 0 saturated heterocycles. The summed E-state index contributed by atoms with van der Waals surface area (Å²) in [5.41, 5.74) is 8.50. The Labute approximate surface area is 90.9 Å². The second-order valence-corrected chi connectivity index (χ2v) is 4.32. The monoisotopic (exact) mass is 199 g/mol. The van der Waals surface area contributed by atoms with Gasteiger partial charge < -0.3 is 5.73 Å².